The highest BCUT2D eigenvalue weighted by Crippen LogP contribution is 2.28. The van der Waals surface area contributed by atoms with Crippen molar-refractivity contribution in [2.45, 2.75) is 25.1 Å². The molecule has 31 heavy (non-hydrogen) atoms. The van der Waals surface area contributed by atoms with Gasteiger partial charge in [0, 0.05) is 13.1 Å². The predicted octanol–water partition coefficient (Wildman–Crippen LogP) is 4.43. The molecule has 0 bridgehead atoms. The molecule has 3 rings (SSSR count). The number of halogens is 1. The number of carbonyl (C=O) groups is 2. The van der Waals surface area contributed by atoms with Gasteiger partial charge in [0.05, 0.1) is 17.0 Å². The van der Waals surface area contributed by atoms with Gasteiger partial charge in [-0.2, -0.15) is 0 Å². The monoisotopic (exact) mass is 441 g/mol. The van der Waals surface area contributed by atoms with Gasteiger partial charge in [-0.25, -0.2) is 4.39 Å². The van der Waals surface area contributed by atoms with Crippen LogP contribution < -0.4 is 5.32 Å². The molecule has 0 aliphatic heterocycles. The normalized spacial score (nSPS) is 12.8. The number of nitrogens with one attached hydrogen (secondary N) is 1. The Kier molecular flexibility index (Phi) is 7.46. The van der Waals surface area contributed by atoms with E-state index >= 15 is 0 Å². The maximum Gasteiger partial charge on any atom is 0.238 e. The van der Waals surface area contributed by atoms with Gasteiger partial charge in [-0.05, 0) is 37.1 Å². The van der Waals surface area contributed by atoms with Crippen molar-refractivity contribution in [2.75, 3.05) is 18.1 Å². The predicted molar refractivity (Wildman–Crippen MR) is 119 cm³/mol. The van der Waals surface area contributed by atoms with Crippen LogP contribution in [0, 0.1) is 12.7 Å². The molecule has 6 nitrogen and oxygen atoms in total. The van der Waals surface area contributed by atoms with Crippen LogP contribution in [0.15, 0.2) is 65.2 Å². The summed E-state index contributed by atoms with van der Waals surface area (Å²) in [7, 11) is 1.72. The summed E-state index contributed by atoms with van der Waals surface area (Å²) in [5, 5.41) is 5.95. The van der Waals surface area contributed by atoms with Crippen LogP contribution in [0.5, 0.6) is 0 Å². The zero-order valence-electron chi connectivity index (χ0n) is 17.5. The molecule has 2 amide bonds. The van der Waals surface area contributed by atoms with Gasteiger partial charge in [-0.3, -0.25) is 9.59 Å². The first-order chi connectivity index (χ1) is 14.8. The molecule has 0 fully saturated rings. The fourth-order valence-electron chi connectivity index (χ4n) is 3.09. The quantitative estimate of drug-likeness (QED) is 0.560. The van der Waals surface area contributed by atoms with E-state index in [1.165, 1.54) is 23.9 Å². The average Bonchev–Trinajstić information content (AvgIpc) is 3.18. The van der Waals surface area contributed by atoms with E-state index in [1.807, 2.05) is 30.3 Å². The third kappa shape index (κ3) is 5.95. The molecule has 1 aromatic heterocycles. The highest BCUT2D eigenvalue weighted by Gasteiger charge is 2.25. The molecule has 2 aromatic carbocycles. The third-order valence-electron chi connectivity index (χ3n) is 4.79. The Labute approximate surface area is 184 Å². The molecule has 8 heteroatoms. The van der Waals surface area contributed by atoms with Gasteiger partial charge in [0.1, 0.15) is 11.6 Å². The summed E-state index contributed by atoms with van der Waals surface area (Å²) in [4.78, 5) is 26.9. The summed E-state index contributed by atoms with van der Waals surface area (Å²) < 4.78 is 18.4. The molecule has 3 aromatic rings. The molecule has 162 valence electrons. The van der Waals surface area contributed by atoms with Crippen molar-refractivity contribution < 1.29 is 18.5 Å². The lowest BCUT2D eigenvalue weighted by Gasteiger charge is -2.29. The van der Waals surface area contributed by atoms with Gasteiger partial charge in [-0.1, -0.05) is 47.6 Å². The minimum Gasteiger partial charge on any atom is -0.360 e. The van der Waals surface area contributed by atoms with E-state index in [0.29, 0.717) is 11.6 Å². The van der Waals surface area contributed by atoms with Crippen LogP contribution in [0.1, 0.15) is 29.9 Å². The molecule has 1 heterocycles. The summed E-state index contributed by atoms with van der Waals surface area (Å²) in [6, 6.07) is 17.0. The second-order valence-corrected chi connectivity index (χ2v) is 8.46. The smallest absolute Gasteiger partial charge is 0.238 e. The molecule has 2 unspecified atom stereocenters. The zero-order valence-corrected chi connectivity index (χ0v) is 18.4. The average molecular weight is 442 g/mol. The van der Waals surface area contributed by atoms with Crippen LogP contribution in [0.2, 0.25) is 0 Å². The topological polar surface area (TPSA) is 75.4 Å². The minimum atomic E-state index is -0.463. The Morgan fingerprint density at radius 1 is 1.13 bits per heavy atom. The molecule has 0 spiro atoms. The molecule has 0 saturated heterocycles. The first-order valence-corrected chi connectivity index (χ1v) is 10.8. The van der Waals surface area contributed by atoms with E-state index in [2.05, 4.69) is 10.5 Å². The first kappa shape index (κ1) is 22.6. The van der Waals surface area contributed by atoms with Gasteiger partial charge >= 0.3 is 0 Å². The van der Waals surface area contributed by atoms with Crippen LogP contribution in [0.4, 0.5) is 10.2 Å². The highest BCUT2D eigenvalue weighted by atomic mass is 32.2. The van der Waals surface area contributed by atoms with Gasteiger partial charge in [-0.15, -0.1) is 11.8 Å². The second-order valence-electron chi connectivity index (χ2n) is 7.13. The number of benzene rings is 2. The second kappa shape index (κ2) is 10.3. The number of anilines is 1. The van der Waals surface area contributed by atoms with Crippen LogP contribution in [0.3, 0.4) is 0 Å². The number of thioether (sulfide) groups is 1. The molecule has 1 N–H and O–H groups in total. The fourth-order valence-corrected chi connectivity index (χ4v) is 3.90. The van der Waals surface area contributed by atoms with Crippen molar-refractivity contribution in [2.24, 2.45) is 0 Å². The van der Waals surface area contributed by atoms with E-state index in [4.69, 9.17) is 4.52 Å². The maximum absolute atomic E-state index is 13.4. The summed E-state index contributed by atoms with van der Waals surface area (Å²) in [6.07, 6.45) is 0. The highest BCUT2D eigenvalue weighted by molar-refractivity contribution is 8.01. The van der Waals surface area contributed by atoms with Gasteiger partial charge in [0.25, 0.3) is 0 Å². The molecule has 0 radical (unpaired) electrons. The van der Waals surface area contributed by atoms with Crippen molar-refractivity contribution in [3.05, 3.63) is 83.4 Å². The lowest BCUT2D eigenvalue weighted by molar-refractivity contribution is -0.128. The number of hydrogen-bond acceptors (Lipinski definition) is 5. The Morgan fingerprint density at radius 2 is 1.77 bits per heavy atom. The van der Waals surface area contributed by atoms with Crippen LogP contribution in [-0.2, 0) is 9.59 Å². The SMILES string of the molecule is Cc1cc(NC(=O)C(C)SCC(=O)N(C)C(c2ccccc2)c2ccc(F)cc2)no1. The van der Waals surface area contributed by atoms with Crippen molar-refractivity contribution in [1.29, 1.82) is 0 Å². The molecular formula is C23H24FN3O3S. The summed E-state index contributed by atoms with van der Waals surface area (Å²) in [5.41, 5.74) is 1.72. The largest absolute Gasteiger partial charge is 0.360 e. The lowest BCUT2D eigenvalue weighted by Crippen LogP contribution is -2.34. The Hall–Kier alpha value is -3.13. The summed E-state index contributed by atoms with van der Waals surface area (Å²) >= 11 is 1.24. The Morgan fingerprint density at radius 3 is 2.39 bits per heavy atom. The summed E-state index contributed by atoms with van der Waals surface area (Å²) in [5.74, 6) is 0.334. The van der Waals surface area contributed by atoms with E-state index in [9.17, 15) is 14.0 Å². The van der Waals surface area contributed by atoms with Crippen molar-refractivity contribution in [3.8, 4) is 0 Å². The van der Waals surface area contributed by atoms with E-state index in [1.54, 1.807) is 44.0 Å². The Bertz CT molecular complexity index is 1020. The number of carbonyl (C=O) groups excluding carboxylic acids is 2. The van der Waals surface area contributed by atoms with Gasteiger partial charge in [0.15, 0.2) is 5.82 Å². The van der Waals surface area contributed by atoms with Crippen molar-refractivity contribution in [1.82, 2.24) is 10.1 Å². The van der Waals surface area contributed by atoms with Crippen molar-refractivity contribution >= 4 is 29.4 Å². The summed E-state index contributed by atoms with van der Waals surface area (Å²) in [6.45, 7) is 3.47. The standard InChI is InChI=1S/C23H24FN3O3S/c1-15-13-20(26-30-15)25-23(29)16(2)31-14-21(28)27(3)22(17-7-5-4-6-8-17)18-9-11-19(24)12-10-18/h4-13,16,22H,14H2,1-3H3,(H,25,26,29). The maximum atomic E-state index is 13.4. The van der Waals surface area contributed by atoms with Crippen LogP contribution in [-0.4, -0.2) is 39.9 Å². The fraction of sp³-hybridized carbons (Fsp3) is 0.261. The number of aromatic nitrogens is 1. The number of nitrogens with zero attached hydrogens (tertiary/aromatic N) is 2. The minimum absolute atomic E-state index is 0.119. The number of rotatable bonds is 8. The van der Waals surface area contributed by atoms with Crippen LogP contribution in [0.25, 0.3) is 0 Å². The molecule has 0 saturated carbocycles. The zero-order chi connectivity index (χ0) is 22.4. The van der Waals surface area contributed by atoms with Gasteiger partial charge < -0.3 is 14.7 Å². The van der Waals surface area contributed by atoms with Crippen LogP contribution >= 0.6 is 11.8 Å². The van der Waals surface area contributed by atoms with E-state index < -0.39 is 5.25 Å². The third-order valence-corrected chi connectivity index (χ3v) is 5.91. The number of aryl methyl sites for hydroxylation is 1. The Balaban J connectivity index is 1.66. The molecule has 0 aliphatic rings. The molecule has 0 aliphatic carbocycles. The van der Waals surface area contributed by atoms with E-state index in [-0.39, 0.29) is 29.4 Å². The van der Waals surface area contributed by atoms with Gasteiger partial charge in [0.2, 0.25) is 11.8 Å². The van der Waals surface area contributed by atoms with E-state index in [0.717, 1.165) is 11.1 Å². The number of amides is 2. The number of hydrogen-bond donors (Lipinski definition) is 1. The first-order valence-electron chi connectivity index (χ1n) is 9.77. The molecule has 2 atom stereocenters. The lowest BCUT2D eigenvalue weighted by atomic mass is 9.97. The van der Waals surface area contributed by atoms with Crippen molar-refractivity contribution in [3.63, 3.8) is 0 Å². The molecular weight excluding hydrogens is 417 g/mol.